The van der Waals surface area contributed by atoms with E-state index in [-0.39, 0.29) is 18.2 Å². The molecular formula is C25H20ClF4N3O2. The summed E-state index contributed by atoms with van der Waals surface area (Å²) < 4.78 is 59.2. The van der Waals surface area contributed by atoms with E-state index in [0.29, 0.717) is 12.1 Å². The smallest absolute Gasteiger partial charge is 0.435 e. The van der Waals surface area contributed by atoms with Crippen LogP contribution in [-0.4, -0.2) is 27.7 Å². The van der Waals surface area contributed by atoms with Crippen molar-refractivity contribution in [2.45, 2.75) is 24.5 Å². The summed E-state index contributed by atoms with van der Waals surface area (Å²) in [6, 6.07) is 14.1. The Morgan fingerprint density at radius 2 is 1.91 bits per heavy atom. The normalized spacial score (nSPS) is 15.6. The Bertz CT molecular complexity index is 1270. The van der Waals surface area contributed by atoms with Gasteiger partial charge in [0.25, 0.3) is 5.91 Å². The minimum atomic E-state index is -4.69. The molecule has 5 nitrogen and oxygen atoms in total. The van der Waals surface area contributed by atoms with Crippen LogP contribution in [0.4, 0.5) is 17.6 Å². The van der Waals surface area contributed by atoms with Crippen molar-refractivity contribution in [3.05, 3.63) is 89.9 Å². The third kappa shape index (κ3) is 6.10. The fraction of sp³-hybridized carbons (Fsp3) is 0.200. The zero-order chi connectivity index (χ0) is 25.0. The van der Waals surface area contributed by atoms with Crippen LogP contribution in [0.5, 0.6) is 5.88 Å². The SMILES string of the molecule is O=C(COc1cc(C(F)(F)F)nn1C1=CC=CCC1Cl)NCc1cccc(-c2ccc(F)cc2)c1. The van der Waals surface area contributed by atoms with Crippen molar-refractivity contribution < 1.29 is 27.1 Å². The van der Waals surface area contributed by atoms with Crippen LogP contribution in [0.2, 0.25) is 0 Å². The van der Waals surface area contributed by atoms with Crippen LogP contribution >= 0.6 is 11.6 Å². The van der Waals surface area contributed by atoms with Crippen molar-refractivity contribution in [2.75, 3.05) is 6.61 Å². The van der Waals surface area contributed by atoms with Gasteiger partial charge in [-0.25, -0.2) is 9.07 Å². The minimum Gasteiger partial charge on any atom is -0.467 e. The van der Waals surface area contributed by atoms with Crippen molar-refractivity contribution in [1.29, 1.82) is 0 Å². The molecule has 0 bridgehead atoms. The van der Waals surface area contributed by atoms with Gasteiger partial charge in [0.2, 0.25) is 5.88 Å². The first kappa shape index (κ1) is 24.5. The quantitative estimate of drug-likeness (QED) is 0.325. The molecule has 10 heteroatoms. The first-order valence-electron chi connectivity index (χ1n) is 10.6. The van der Waals surface area contributed by atoms with Gasteiger partial charge >= 0.3 is 6.18 Å². The van der Waals surface area contributed by atoms with E-state index in [1.165, 1.54) is 12.1 Å². The van der Waals surface area contributed by atoms with Crippen LogP contribution < -0.4 is 10.1 Å². The maximum Gasteiger partial charge on any atom is 0.435 e. The van der Waals surface area contributed by atoms with Gasteiger partial charge in [-0.15, -0.1) is 11.6 Å². The van der Waals surface area contributed by atoms with Gasteiger partial charge in [-0.1, -0.05) is 42.5 Å². The number of nitrogens with one attached hydrogen (secondary N) is 1. The molecule has 2 aromatic carbocycles. The van der Waals surface area contributed by atoms with Crippen LogP contribution in [0.15, 0.2) is 72.8 Å². The molecule has 1 N–H and O–H groups in total. The predicted molar refractivity (Wildman–Crippen MR) is 124 cm³/mol. The van der Waals surface area contributed by atoms with Crippen molar-refractivity contribution in [2.24, 2.45) is 0 Å². The van der Waals surface area contributed by atoms with Gasteiger partial charge < -0.3 is 10.1 Å². The second-order valence-electron chi connectivity index (χ2n) is 7.77. The average molecular weight is 506 g/mol. The molecule has 1 atom stereocenters. The van der Waals surface area contributed by atoms with E-state index in [9.17, 15) is 22.4 Å². The Kier molecular flexibility index (Phi) is 7.25. The summed E-state index contributed by atoms with van der Waals surface area (Å²) >= 11 is 6.24. The summed E-state index contributed by atoms with van der Waals surface area (Å²) in [4.78, 5) is 12.4. The van der Waals surface area contributed by atoms with E-state index in [4.69, 9.17) is 16.3 Å². The molecule has 0 aliphatic heterocycles. The topological polar surface area (TPSA) is 56.1 Å². The van der Waals surface area contributed by atoms with Crippen LogP contribution in [0.25, 0.3) is 16.8 Å². The number of hydrogen-bond donors (Lipinski definition) is 1. The number of hydrogen-bond acceptors (Lipinski definition) is 3. The lowest BCUT2D eigenvalue weighted by atomic mass is 10.0. The number of amides is 1. The van der Waals surface area contributed by atoms with Crippen LogP contribution in [-0.2, 0) is 17.5 Å². The average Bonchev–Trinajstić information content (AvgIpc) is 3.27. The number of aromatic nitrogens is 2. The molecule has 35 heavy (non-hydrogen) atoms. The van der Waals surface area contributed by atoms with Crippen LogP contribution in [0.1, 0.15) is 17.7 Å². The van der Waals surface area contributed by atoms with Crippen LogP contribution in [0, 0.1) is 5.82 Å². The van der Waals surface area contributed by atoms with E-state index < -0.39 is 29.8 Å². The number of allylic oxidation sites excluding steroid dienone is 4. The fourth-order valence-electron chi connectivity index (χ4n) is 3.48. The molecule has 4 rings (SSSR count). The molecule has 0 radical (unpaired) electrons. The van der Waals surface area contributed by atoms with E-state index in [1.54, 1.807) is 30.4 Å². The van der Waals surface area contributed by atoms with Crippen molar-refractivity contribution in [3.63, 3.8) is 0 Å². The van der Waals surface area contributed by atoms with Gasteiger partial charge in [0.1, 0.15) is 5.82 Å². The molecule has 1 amide bonds. The second kappa shape index (κ2) is 10.4. The molecule has 0 saturated carbocycles. The summed E-state index contributed by atoms with van der Waals surface area (Å²) in [6.45, 7) is -0.347. The van der Waals surface area contributed by atoms with Crippen LogP contribution in [0.3, 0.4) is 0 Å². The Morgan fingerprint density at radius 3 is 2.63 bits per heavy atom. The predicted octanol–water partition coefficient (Wildman–Crippen LogP) is 5.81. The first-order valence-corrected chi connectivity index (χ1v) is 11.1. The molecule has 1 aliphatic carbocycles. The molecule has 0 saturated heterocycles. The lowest BCUT2D eigenvalue weighted by Gasteiger charge is -2.17. The van der Waals surface area contributed by atoms with E-state index >= 15 is 0 Å². The molecule has 0 fully saturated rings. The number of rotatable bonds is 7. The van der Waals surface area contributed by atoms with Gasteiger partial charge in [-0.05, 0) is 47.4 Å². The third-order valence-electron chi connectivity index (χ3n) is 5.22. The maximum atomic E-state index is 13.2. The highest BCUT2D eigenvalue weighted by Gasteiger charge is 2.36. The number of halogens is 5. The van der Waals surface area contributed by atoms with Crippen molar-refractivity contribution >= 4 is 23.2 Å². The molecular weight excluding hydrogens is 486 g/mol. The number of nitrogens with zero attached hydrogens (tertiary/aromatic N) is 2. The molecule has 3 aromatic rings. The number of alkyl halides is 4. The molecule has 182 valence electrons. The highest BCUT2D eigenvalue weighted by Crippen LogP contribution is 2.34. The van der Waals surface area contributed by atoms with Gasteiger partial charge in [0.05, 0.1) is 11.1 Å². The highest BCUT2D eigenvalue weighted by atomic mass is 35.5. The second-order valence-corrected chi connectivity index (χ2v) is 8.30. The Labute approximate surface area is 203 Å². The standard InChI is InChI=1S/C25H20ClF4N3O2/c26-20-6-1-2-7-21(20)33-24(13-22(32-33)25(28,29)30)35-15-23(34)31-14-16-4-3-5-18(12-16)17-8-10-19(27)11-9-17/h1-5,7-13,20H,6,14-15H2,(H,31,34). The van der Waals surface area contributed by atoms with Gasteiger partial charge in [0.15, 0.2) is 12.3 Å². The zero-order valence-corrected chi connectivity index (χ0v) is 19.0. The lowest BCUT2D eigenvalue weighted by Crippen LogP contribution is -2.29. The number of carbonyl (C=O) groups excluding carboxylic acids is 1. The zero-order valence-electron chi connectivity index (χ0n) is 18.2. The molecule has 1 heterocycles. The maximum absolute atomic E-state index is 13.2. The Balaban J connectivity index is 1.41. The summed E-state index contributed by atoms with van der Waals surface area (Å²) in [6.07, 6.45) is 0.739. The largest absolute Gasteiger partial charge is 0.467 e. The Hall–Kier alpha value is -3.59. The van der Waals surface area contributed by atoms with Crippen molar-refractivity contribution in [1.82, 2.24) is 15.1 Å². The van der Waals surface area contributed by atoms with Gasteiger partial charge in [-0.2, -0.15) is 18.3 Å². The first-order chi connectivity index (χ1) is 16.7. The summed E-state index contributed by atoms with van der Waals surface area (Å²) in [5.74, 6) is -1.10. The summed E-state index contributed by atoms with van der Waals surface area (Å²) in [5.41, 5.74) is 1.62. The summed E-state index contributed by atoms with van der Waals surface area (Å²) in [5, 5.41) is 5.68. The Morgan fingerprint density at radius 1 is 1.14 bits per heavy atom. The van der Waals surface area contributed by atoms with Gasteiger partial charge in [-0.3, -0.25) is 4.79 Å². The summed E-state index contributed by atoms with van der Waals surface area (Å²) in [7, 11) is 0. The molecule has 1 aromatic heterocycles. The molecule has 1 aliphatic rings. The molecule has 1 unspecified atom stereocenters. The van der Waals surface area contributed by atoms with Crippen molar-refractivity contribution in [3.8, 4) is 17.0 Å². The fourth-order valence-corrected chi connectivity index (χ4v) is 3.75. The minimum absolute atomic E-state index is 0.171. The van der Waals surface area contributed by atoms with Gasteiger partial charge in [0, 0.05) is 12.6 Å². The number of ether oxygens (including phenoxy) is 1. The van der Waals surface area contributed by atoms with E-state index in [2.05, 4.69) is 10.4 Å². The number of benzene rings is 2. The lowest BCUT2D eigenvalue weighted by molar-refractivity contribution is -0.141. The monoisotopic (exact) mass is 505 g/mol. The third-order valence-corrected chi connectivity index (χ3v) is 5.63. The highest BCUT2D eigenvalue weighted by molar-refractivity contribution is 6.25. The molecule has 0 spiro atoms. The number of carbonyl (C=O) groups is 1. The van der Waals surface area contributed by atoms with E-state index in [0.717, 1.165) is 27.4 Å². The van der Waals surface area contributed by atoms with E-state index in [1.807, 2.05) is 24.3 Å².